The molecule has 0 unspecified atom stereocenters. The summed E-state index contributed by atoms with van der Waals surface area (Å²) in [6, 6.07) is 4.95. The molecule has 2 N–H and O–H groups in total. The smallest absolute Gasteiger partial charge is 0.248 e. The van der Waals surface area contributed by atoms with Gasteiger partial charge in [0.25, 0.3) is 0 Å². The van der Waals surface area contributed by atoms with E-state index in [2.05, 4.69) is 0 Å². The maximum atomic E-state index is 14.1. The number of nitrogens with two attached hydrogens (primary N) is 1. The second-order valence-electron chi connectivity index (χ2n) is 5.90. The van der Waals surface area contributed by atoms with E-state index < -0.39 is 11.3 Å². The normalized spacial score (nSPS) is 20.7. The zero-order valence-corrected chi connectivity index (χ0v) is 11.9. The molecule has 20 heavy (non-hydrogen) atoms. The summed E-state index contributed by atoms with van der Waals surface area (Å²) in [6.07, 6.45) is 0.247. The van der Waals surface area contributed by atoms with Crippen molar-refractivity contribution in [3.8, 4) is 0 Å². The van der Waals surface area contributed by atoms with Crippen LogP contribution in [0, 0.1) is 5.82 Å². The maximum Gasteiger partial charge on any atom is 0.248 e. The Labute approximate surface area is 117 Å². The quantitative estimate of drug-likeness (QED) is 0.924. The molecule has 0 aromatic heterocycles. The SMILES string of the molecule is CN(C)c1ccc(C2(CN)CCC(F)(F)CC2)cc1F. The van der Waals surface area contributed by atoms with Crippen molar-refractivity contribution in [3.05, 3.63) is 29.6 Å². The number of hydrogen-bond acceptors (Lipinski definition) is 2. The molecule has 2 nitrogen and oxygen atoms in total. The molecule has 0 amide bonds. The van der Waals surface area contributed by atoms with E-state index in [1.807, 2.05) is 6.07 Å². The Bertz CT molecular complexity index is 476. The molecule has 0 aliphatic heterocycles. The molecule has 1 aliphatic carbocycles. The van der Waals surface area contributed by atoms with Gasteiger partial charge in [0.2, 0.25) is 5.92 Å². The highest BCUT2D eigenvalue weighted by Crippen LogP contribution is 2.45. The molecular formula is C15H21F3N2. The predicted octanol–water partition coefficient (Wildman–Crippen LogP) is 3.30. The fourth-order valence-corrected chi connectivity index (χ4v) is 2.90. The fourth-order valence-electron chi connectivity index (χ4n) is 2.90. The molecule has 5 heteroatoms. The molecule has 2 rings (SSSR count). The molecular weight excluding hydrogens is 265 g/mol. The first-order valence-electron chi connectivity index (χ1n) is 6.85. The van der Waals surface area contributed by atoms with Gasteiger partial charge in [-0.05, 0) is 30.5 Å². The lowest BCUT2D eigenvalue weighted by Gasteiger charge is -2.40. The van der Waals surface area contributed by atoms with E-state index in [0.717, 1.165) is 5.56 Å². The molecule has 112 valence electrons. The van der Waals surface area contributed by atoms with Crippen LogP contribution in [0.25, 0.3) is 0 Å². The maximum absolute atomic E-state index is 14.1. The average molecular weight is 286 g/mol. The number of nitrogens with zero attached hydrogens (tertiary/aromatic N) is 1. The van der Waals surface area contributed by atoms with Gasteiger partial charge in [-0.3, -0.25) is 0 Å². The predicted molar refractivity (Wildman–Crippen MR) is 74.9 cm³/mol. The molecule has 0 radical (unpaired) electrons. The minimum Gasteiger partial charge on any atom is -0.375 e. The van der Waals surface area contributed by atoms with Crippen LogP contribution in [0.1, 0.15) is 31.2 Å². The monoisotopic (exact) mass is 286 g/mol. The summed E-state index contributed by atoms with van der Waals surface area (Å²) in [4.78, 5) is 1.68. The van der Waals surface area contributed by atoms with Gasteiger partial charge >= 0.3 is 0 Å². The molecule has 0 bridgehead atoms. The summed E-state index contributed by atoms with van der Waals surface area (Å²) >= 11 is 0. The van der Waals surface area contributed by atoms with Crippen LogP contribution in [-0.2, 0) is 5.41 Å². The first kappa shape index (κ1) is 15.2. The second-order valence-corrected chi connectivity index (χ2v) is 5.90. The molecule has 1 aromatic carbocycles. The Kier molecular flexibility index (Phi) is 4.00. The van der Waals surface area contributed by atoms with Crippen molar-refractivity contribution in [2.45, 2.75) is 37.0 Å². The Balaban J connectivity index is 2.31. The minimum absolute atomic E-state index is 0.179. The van der Waals surface area contributed by atoms with Crippen LogP contribution in [-0.4, -0.2) is 26.6 Å². The highest BCUT2D eigenvalue weighted by Gasteiger charge is 2.43. The summed E-state index contributed by atoms with van der Waals surface area (Å²) < 4.78 is 40.7. The lowest BCUT2D eigenvalue weighted by Crippen LogP contribution is -2.42. The van der Waals surface area contributed by atoms with Crippen molar-refractivity contribution in [1.82, 2.24) is 0 Å². The van der Waals surface area contributed by atoms with E-state index in [1.54, 1.807) is 25.1 Å². The number of rotatable bonds is 3. The number of benzene rings is 1. The number of halogens is 3. The Hall–Kier alpha value is -1.23. The van der Waals surface area contributed by atoms with Crippen molar-refractivity contribution in [2.24, 2.45) is 5.73 Å². The van der Waals surface area contributed by atoms with Crippen LogP contribution in [0.15, 0.2) is 18.2 Å². The van der Waals surface area contributed by atoms with E-state index in [0.29, 0.717) is 18.5 Å². The first-order valence-corrected chi connectivity index (χ1v) is 6.85. The lowest BCUT2D eigenvalue weighted by atomic mass is 9.68. The molecule has 0 atom stereocenters. The Morgan fingerprint density at radius 3 is 2.20 bits per heavy atom. The number of hydrogen-bond donors (Lipinski definition) is 1. The summed E-state index contributed by atoms with van der Waals surface area (Å²) in [5.74, 6) is -2.95. The summed E-state index contributed by atoms with van der Waals surface area (Å²) in [5, 5.41) is 0. The molecule has 0 saturated heterocycles. The van der Waals surface area contributed by atoms with Crippen LogP contribution < -0.4 is 10.6 Å². The largest absolute Gasteiger partial charge is 0.375 e. The van der Waals surface area contributed by atoms with E-state index in [9.17, 15) is 13.2 Å². The van der Waals surface area contributed by atoms with Gasteiger partial charge < -0.3 is 10.6 Å². The van der Waals surface area contributed by atoms with Gasteiger partial charge in [-0.2, -0.15) is 0 Å². The van der Waals surface area contributed by atoms with Crippen LogP contribution in [0.4, 0.5) is 18.9 Å². The third-order valence-electron chi connectivity index (χ3n) is 4.37. The van der Waals surface area contributed by atoms with Gasteiger partial charge in [0.1, 0.15) is 5.82 Å². The van der Waals surface area contributed by atoms with Gasteiger partial charge in [0.15, 0.2) is 0 Å². The van der Waals surface area contributed by atoms with Gasteiger partial charge in [-0.25, -0.2) is 13.2 Å². The van der Waals surface area contributed by atoms with E-state index in [-0.39, 0.29) is 25.2 Å². The van der Waals surface area contributed by atoms with Crippen LogP contribution in [0.2, 0.25) is 0 Å². The Morgan fingerprint density at radius 2 is 1.75 bits per heavy atom. The molecule has 0 heterocycles. The van der Waals surface area contributed by atoms with Crippen molar-refractivity contribution in [1.29, 1.82) is 0 Å². The Morgan fingerprint density at radius 1 is 1.15 bits per heavy atom. The summed E-state index contributed by atoms with van der Waals surface area (Å²) in [5.41, 5.74) is 6.53. The first-order chi connectivity index (χ1) is 9.30. The van der Waals surface area contributed by atoms with Gasteiger partial charge in [-0.1, -0.05) is 6.07 Å². The molecule has 1 aliphatic rings. The van der Waals surface area contributed by atoms with Crippen molar-refractivity contribution >= 4 is 5.69 Å². The third-order valence-corrected chi connectivity index (χ3v) is 4.37. The minimum atomic E-state index is -2.61. The summed E-state index contributed by atoms with van der Waals surface area (Å²) in [6.45, 7) is 0.268. The third kappa shape index (κ3) is 2.77. The van der Waals surface area contributed by atoms with Crippen LogP contribution >= 0.6 is 0 Å². The number of alkyl halides is 2. The molecule has 1 fully saturated rings. The van der Waals surface area contributed by atoms with Gasteiger partial charge in [0.05, 0.1) is 5.69 Å². The standard InChI is InChI=1S/C15H21F3N2/c1-20(2)13-4-3-11(9-12(13)16)14(10-19)5-7-15(17,18)8-6-14/h3-4,9H,5-8,10,19H2,1-2H3. The zero-order valence-electron chi connectivity index (χ0n) is 11.9. The summed E-state index contributed by atoms with van der Waals surface area (Å²) in [7, 11) is 3.52. The van der Waals surface area contributed by atoms with E-state index in [4.69, 9.17) is 5.73 Å². The zero-order chi connectivity index (χ0) is 15.0. The van der Waals surface area contributed by atoms with Crippen molar-refractivity contribution in [3.63, 3.8) is 0 Å². The second kappa shape index (κ2) is 5.28. The topological polar surface area (TPSA) is 29.3 Å². The number of anilines is 1. The fraction of sp³-hybridized carbons (Fsp3) is 0.600. The van der Waals surface area contributed by atoms with Gasteiger partial charge in [0, 0.05) is 38.9 Å². The molecule has 1 aromatic rings. The van der Waals surface area contributed by atoms with E-state index >= 15 is 0 Å². The average Bonchev–Trinajstić information content (AvgIpc) is 2.39. The molecule has 1 saturated carbocycles. The molecule has 0 spiro atoms. The van der Waals surface area contributed by atoms with E-state index in [1.165, 1.54) is 6.07 Å². The highest BCUT2D eigenvalue weighted by molar-refractivity contribution is 5.49. The highest BCUT2D eigenvalue weighted by atomic mass is 19.3. The van der Waals surface area contributed by atoms with Crippen LogP contribution in [0.5, 0.6) is 0 Å². The van der Waals surface area contributed by atoms with Gasteiger partial charge in [-0.15, -0.1) is 0 Å². The van der Waals surface area contributed by atoms with Crippen molar-refractivity contribution < 1.29 is 13.2 Å². The lowest BCUT2D eigenvalue weighted by molar-refractivity contribution is -0.0509. The van der Waals surface area contributed by atoms with Crippen LogP contribution in [0.3, 0.4) is 0 Å². The van der Waals surface area contributed by atoms with Crippen molar-refractivity contribution in [2.75, 3.05) is 25.5 Å².